The Balaban J connectivity index is 1.31. The molecule has 1 aliphatic heterocycles. The van der Waals surface area contributed by atoms with E-state index in [1.54, 1.807) is 17.9 Å². The van der Waals surface area contributed by atoms with E-state index in [2.05, 4.69) is 10.6 Å². The van der Waals surface area contributed by atoms with Crippen LogP contribution in [-0.4, -0.2) is 30.8 Å². The van der Waals surface area contributed by atoms with Crippen LogP contribution in [0.4, 0.5) is 11.4 Å². The minimum absolute atomic E-state index is 0.0277. The lowest BCUT2D eigenvalue weighted by atomic mass is 10.0. The summed E-state index contributed by atoms with van der Waals surface area (Å²) in [7, 11) is 0. The Morgan fingerprint density at radius 1 is 0.968 bits per heavy atom. The number of carbonyl (C=O) groups is 3. The standard InChI is InChI=1S/C25H25N3O3/c1-17(29)28-14-4-7-20-16-22(10-11-23(20)28)27-24(30)12-13-26-25(31)21-9-8-18-5-2-3-6-19(18)15-21/h2-3,5-6,8-11,15-16H,4,7,12-14H2,1H3,(H,26,31)(H,27,30). The van der Waals surface area contributed by atoms with E-state index < -0.39 is 0 Å². The van der Waals surface area contributed by atoms with Crippen LogP contribution in [0.1, 0.15) is 35.7 Å². The Labute approximate surface area is 181 Å². The number of hydrogen-bond acceptors (Lipinski definition) is 3. The van der Waals surface area contributed by atoms with Crippen LogP contribution in [0.2, 0.25) is 0 Å². The van der Waals surface area contributed by atoms with Crippen molar-refractivity contribution in [2.45, 2.75) is 26.2 Å². The number of nitrogens with zero attached hydrogens (tertiary/aromatic N) is 1. The smallest absolute Gasteiger partial charge is 0.251 e. The molecular formula is C25H25N3O3. The van der Waals surface area contributed by atoms with Crippen molar-refractivity contribution in [2.24, 2.45) is 0 Å². The van der Waals surface area contributed by atoms with Crippen molar-refractivity contribution >= 4 is 39.9 Å². The first-order valence-corrected chi connectivity index (χ1v) is 10.5. The lowest BCUT2D eigenvalue weighted by Crippen LogP contribution is -2.33. The number of benzene rings is 3. The molecule has 31 heavy (non-hydrogen) atoms. The van der Waals surface area contributed by atoms with Gasteiger partial charge in [0.05, 0.1) is 0 Å². The number of hydrogen-bond donors (Lipinski definition) is 2. The molecule has 0 aliphatic carbocycles. The molecule has 3 aromatic rings. The summed E-state index contributed by atoms with van der Waals surface area (Å²) in [5.74, 6) is -0.338. The number of fused-ring (bicyclic) bond motifs is 2. The molecule has 0 saturated carbocycles. The summed E-state index contributed by atoms with van der Waals surface area (Å²) < 4.78 is 0. The molecule has 1 aliphatic rings. The number of anilines is 2. The molecule has 0 spiro atoms. The van der Waals surface area contributed by atoms with Crippen molar-refractivity contribution in [3.05, 3.63) is 71.8 Å². The van der Waals surface area contributed by atoms with E-state index in [0.29, 0.717) is 11.3 Å². The summed E-state index contributed by atoms with van der Waals surface area (Å²) in [5, 5.41) is 7.77. The third-order valence-corrected chi connectivity index (χ3v) is 5.51. The Hall–Kier alpha value is -3.67. The zero-order chi connectivity index (χ0) is 21.8. The normalized spacial score (nSPS) is 12.9. The molecule has 3 amide bonds. The molecule has 0 unspecified atom stereocenters. The second-order valence-electron chi connectivity index (χ2n) is 7.73. The fourth-order valence-electron chi connectivity index (χ4n) is 3.95. The van der Waals surface area contributed by atoms with Crippen molar-refractivity contribution in [1.82, 2.24) is 5.32 Å². The fraction of sp³-hybridized carbons (Fsp3) is 0.240. The van der Waals surface area contributed by atoms with E-state index in [9.17, 15) is 14.4 Å². The minimum atomic E-state index is -0.198. The highest BCUT2D eigenvalue weighted by molar-refractivity contribution is 5.99. The van der Waals surface area contributed by atoms with Gasteiger partial charge in [-0.1, -0.05) is 30.3 Å². The average Bonchev–Trinajstić information content (AvgIpc) is 2.78. The first kappa shape index (κ1) is 20.6. The van der Waals surface area contributed by atoms with Gasteiger partial charge in [-0.15, -0.1) is 0 Å². The van der Waals surface area contributed by atoms with Gasteiger partial charge in [0.1, 0.15) is 0 Å². The summed E-state index contributed by atoms with van der Waals surface area (Å²) >= 11 is 0. The Morgan fingerprint density at radius 3 is 2.58 bits per heavy atom. The Kier molecular flexibility index (Phi) is 5.98. The fourth-order valence-corrected chi connectivity index (χ4v) is 3.95. The van der Waals surface area contributed by atoms with Crippen LogP contribution in [-0.2, 0) is 16.0 Å². The second kappa shape index (κ2) is 9.00. The highest BCUT2D eigenvalue weighted by Crippen LogP contribution is 2.29. The maximum Gasteiger partial charge on any atom is 0.251 e. The Bertz CT molecular complexity index is 1160. The SMILES string of the molecule is CC(=O)N1CCCc2cc(NC(=O)CCNC(=O)c3ccc4ccccc4c3)ccc21. The molecule has 1 heterocycles. The van der Waals surface area contributed by atoms with Crippen molar-refractivity contribution in [3.63, 3.8) is 0 Å². The van der Waals surface area contributed by atoms with Crippen LogP contribution in [0.15, 0.2) is 60.7 Å². The molecular weight excluding hydrogens is 390 g/mol. The van der Waals surface area contributed by atoms with Gasteiger partial charge in [-0.3, -0.25) is 14.4 Å². The van der Waals surface area contributed by atoms with Gasteiger partial charge < -0.3 is 15.5 Å². The van der Waals surface area contributed by atoms with Gasteiger partial charge >= 0.3 is 0 Å². The lowest BCUT2D eigenvalue weighted by molar-refractivity contribution is -0.117. The van der Waals surface area contributed by atoms with Gasteiger partial charge in [0.25, 0.3) is 5.91 Å². The van der Waals surface area contributed by atoms with Crippen LogP contribution in [0.5, 0.6) is 0 Å². The van der Waals surface area contributed by atoms with E-state index in [1.807, 2.05) is 54.6 Å². The van der Waals surface area contributed by atoms with Gasteiger partial charge in [0, 0.05) is 43.4 Å². The molecule has 6 nitrogen and oxygen atoms in total. The molecule has 0 aromatic heterocycles. The average molecular weight is 415 g/mol. The topological polar surface area (TPSA) is 78.5 Å². The highest BCUT2D eigenvalue weighted by atomic mass is 16.2. The number of amides is 3. The summed E-state index contributed by atoms with van der Waals surface area (Å²) in [5.41, 5.74) is 3.25. The zero-order valence-corrected chi connectivity index (χ0v) is 17.5. The molecule has 4 rings (SSSR count). The van der Waals surface area contributed by atoms with Crippen molar-refractivity contribution < 1.29 is 14.4 Å². The van der Waals surface area contributed by atoms with Crippen LogP contribution >= 0.6 is 0 Å². The van der Waals surface area contributed by atoms with Crippen LogP contribution < -0.4 is 15.5 Å². The third-order valence-electron chi connectivity index (χ3n) is 5.51. The molecule has 2 N–H and O–H groups in total. The van der Waals surface area contributed by atoms with Crippen molar-refractivity contribution in [1.29, 1.82) is 0 Å². The van der Waals surface area contributed by atoms with E-state index in [-0.39, 0.29) is 30.7 Å². The lowest BCUT2D eigenvalue weighted by Gasteiger charge is -2.29. The zero-order valence-electron chi connectivity index (χ0n) is 17.5. The summed E-state index contributed by atoms with van der Waals surface area (Å²) in [6.45, 7) is 2.54. The summed E-state index contributed by atoms with van der Waals surface area (Å²) in [6, 6.07) is 19.0. The van der Waals surface area contributed by atoms with Crippen LogP contribution in [0, 0.1) is 0 Å². The van der Waals surface area contributed by atoms with Crippen LogP contribution in [0.25, 0.3) is 10.8 Å². The van der Waals surface area contributed by atoms with E-state index >= 15 is 0 Å². The Morgan fingerprint density at radius 2 is 1.77 bits per heavy atom. The van der Waals surface area contributed by atoms with Crippen molar-refractivity contribution in [2.75, 3.05) is 23.3 Å². The molecule has 0 saturated heterocycles. The molecule has 0 fully saturated rings. The largest absolute Gasteiger partial charge is 0.352 e. The molecule has 0 atom stereocenters. The first-order valence-electron chi connectivity index (χ1n) is 10.5. The summed E-state index contributed by atoms with van der Waals surface area (Å²) in [6.07, 6.45) is 1.96. The molecule has 0 radical (unpaired) electrons. The second-order valence-corrected chi connectivity index (χ2v) is 7.73. The van der Waals surface area contributed by atoms with E-state index in [4.69, 9.17) is 0 Å². The van der Waals surface area contributed by atoms with Gasteiger partial charge in [-0.05, 0) is 59.5 Å². The number of carbonyl (C=O) groups excluding carboxylic acids is 3. The number of aryl methyl sites for hydroxylation is 1. The van der Waals surface area contributed by atoms with Crippen molar-refractivity contribution in [3.8, 4) is 0 Å². The summed E-state index contributed by atoms with van der Waals surface area (Å²) in [4.78, 5) is 38.3. The van der Waals surface area contributed by atoms with E-state index in [0.717, 1.165) is 41.4 Å². The predicted molar refractivity (Wildman–Crippen MR) is 122 cm³/mol. The first-order chi connectivity index (χ1) is 15.0. The predicted octanol–water partition coefficient (Wildman–Crippen LogP) is 3.90. The maximum absolute atomic E-state index is 12.4. The monoisotopic (exact) mass is 415 g/mol. The highest BCUT2D eigenvalue weighted by Gasteiger charge is 2.20. The van der Waals surface area contributed by atoms with Gasteiger partial charge in [0.2, 0.25) is 11.8 Å². The quantitative estimate of drug-likeness (QED) is 0.663. The number of rotatable bonds is 5. The van der Waals surface area contributed by atoms with E-state index in [1.165, 1.54) is 0 Å². The van der Waals surface area contributed by atoms with Gasteiger partial charge in [0.15, 0.2) is 0 Å². The maximum atomic E-state index is 12.4. The minimum Gasteiger partial charge on any atom is -0.352 e. The molecule has 0 bridgehead atoms. The molecule has 3 aromatic carbocycles. The van der Waals surface area contributed by atoms with Crippen LogP contribution in [0.3, 0.4) is 0 Å². The van der Waals surface area contributed by atoms with Gasteiger partial charge in [-0.2, -0.15) is 0 Å². The number of nitrogens with one attached hydrogen (secondary N) is 2. The van der Waals surface area contributed by atoms with Gasteiger partial charge in [-0.25, -0.2) is 0 Å². The molecule has 6 heteroatoms. The molecule has 158 valence electrons. The third kappa shape index (κ3) is 4.74.